The van der Waals surface area contributed by atoms with E-state index in [0.29, 0.717) is 23.0 Å². The molecule has 0 spiro atoms. The molecule has 1 fully saturated rings. The molecule has 0 N–H and O–H groups in total. The van der Waals surface area contributed by atoms with Crippen molar-refractivity contribution in [3.05, 3.63) is 64.3 Å². The van der Waals surface area contributed by atoms with Crippen LogP contribution in [0.4, 0.5) is 11.4 Å². The lowest BCUT2D eigenvalue weighted by Crippen LogP contribution is -2.34. The van der Waals surface area contributed by atoms with Gasteiger partial charge >= 0.3 is 5.97 Å². The zero-order valence-electron chi connectivity index (χ0n) is 17.8. The van der Waals surface area contributed by atoms with Crippen molar-refractivity contribution >= 4 is 17.3 Å². The van der Waals surface area contributed by atoms with Crippen LogP contribution in [0.15, 0.2) is 47.2 Å². The first-order valence-corrected chi connectivity index (χ1v) is 10.4. The van der Waals surface area contributed by atoms with E-state index in [2.05, 4.69) is 26.9 Å². The minimum Gasteiger partial charge on any atom is -0.449 e. The van der Waals surface area contributed by atoms with Crippen LogP contribution in [0.5, 0.6) is 0 Å². The van der Waals surface area contributed by atoms with E-state index in [1.165, 1.54) is 12.1 Å². The van der Waals surface area contributed by atoms with Crippen molar-refractivity contribution in [3.8, 4) is 11.4 Å². The summed E-state index contributed by atoms with van der Waals surface area (Å²) in [6.07, 6.45) is 4.37. The Bertz CT molecular complexity index is 1110. The highest BCUT2D eigenvalue weighted by Crippen LogP contribution is 2.31. The van der Waals surface area contributed by atoms with E-state index in [4.69, 9.17) is 9.26 Å². The zero-order valence-corrected chi connectivity index (χ0v) is 17.8. The molecular weight excluding hydrogens is 414 g/mol. The molecule has 4 rings (SSSR count). The largest absolute Gasteiger partial charge is 0.449 e. The number of pyridine rings is 1. The van der Waals surface area contributed by atoms with Crippen molar-refractivity contribution in [2.24, 2.45) is 5.92 Å². The summed E-state index contributed by atoms with van der Waals surface area (Å²) in [4.78, 5) is 34.2. The summed E-state index contributed by atoms with van der Waals surface area (Å²) in [5.41, 5.74) is 1.27. The van der Waals surface area contributed by atoms with Gasteiger partial charge in [-0.05, 0) is 43.9 Å². The fraction of sp³-hybridized carbons (Fsp3) is 0.364. The maximum Gasteiger partial charge on any atom is 0.341 e. The van der Waals surface area contributed by atoms with Crippen LogP contribution >= 0.6 is 0 Å². The first kappa shape index (κ1) is 21.4. The van der Waals surface area contributed by atoms with Crippen molar-refractivity contribution < 1.29 is 19.0 Å². The van der Waals surface area contributed by atoms with E-state index in [1.54, 1.807) is 37.5 Å². The Labute approximate surface area is 184 Å². The van der Waals surface area contributed by atoms with Gasteiger partial charge in [-0.3, -0.25) is 15.1 Å². The number of carbonyl (C=O) groups is 1. The molecule has 0 unspecified atom stereocenters. The van der Waals surface area contributed by atoms with Crippen molar-refractivity contribution in [2.75, 3.05) is 18.0 Å². The highest BCUT2D eigenvalue weighted by atomic mass is 16.6. The van der Waals surface area contributed by atoms with E-state index in [9.17, 15) is 14.9 Å². The van der Waals surface area contributed by atoms with Gasteiger partial charge < -0.3 is 14.2 Å². The fourth-order valence-corrected chi connectivity index (χ4v) is 3.61. The Morgan fingerprint density at radius 2 is 2.09 bits per heavy atom. The molecule has 0 bridgehead atoms. The number of esters is 1. The van der Waals surface area contributed by atoms with Crippen LogP contribution in [0.25, 0.3) is 11.4 Å². The molecular formula is C22H23N5O5. The quantitative estimate of drug-likeness (QED) is 0.317. The van der Waals surface area contributed by atoms with E-state index in [-0.39, 0.29) is 17.1 Å². The number of nitro groups is 1. The van der Waals surface area contributed by atoms with Gasteiger partial charge in [0.25, 0.3) is 11.6 Å². The third-order valence-electron chi connectivity index (χ3n) is 5.53. The number of hydrogen-bond donors (Lipinski definition) is 0. The second-order valence-corrected chi connectivity index (χ2v) is 7.87. The second-order valence-electron chi connectivity index (χ2n) is 7.87. The third-order valence-corrected chi connectivity index (χ3v) is 5.53. The minimum atomic E-state index is -0.839. The molecule has 3 heterocycles. The van der Waals surface area contributed by atoms with Crippen molar-refractivity contribution in [3.63, 3.8) is 0 Å². The van der Waals surface area contributed by atoms with Gasteiger partial charge in [0.05, 0.1) is 16.2 Å². The van der Waals surface area contributed by atoms with Gasteiger partial charge in [0.2, 0.25) is 5.82 Å². The molecule has 10 heteroatoms. The van der Waals surface area contributed by atoms with E-state index in [1.807, 2.05) is 0 Å². The molecule has 1 aliphatic heterocycles. The van der Waals surface area contributed by atoms with Crippen LogP contribution < -0.4 is 4.90 Å². The number of benzene rings is 1. The highest BCUT2D eigenvalue weighted by Gasteiger charge is 2.27. The van der Waals surface area contributed by atoms with Crippen LogP contribution in [0.1, 0.15) is 49.0 Å². The number of rotatable bonds is 6. The lowest BCUT2D eigenvalue weighted by atomic mass is 9.98. The van der Waals surface area contributed by atoms with Crippen LogP contribution in [0.2, 0.25) is 0 Å². The molecule has 1 aromatic carbocycles. The van der Waals surface area contributed by atoms with Gasteiger partial charge in [-0.1, -0.05) is 12.1 Å². The van der Waals surface area contributed by atoms with Crippen molar-refractivity contribution in [1.29, 1.82) is 0 Å². The summed E-state index contributed by atoms with van der Waals surface area (Å²) in [5.74, 6) is 0.368. The predicted molar refractivity (Wildman–Crippen MR) is 115 cm³/mol. The summed E-state index contributed by atoms with van der Waals surface area (Å²) in [6, 6.07) is 7.82. The van der Waals surface area contributed by atoms with Crippen molar-refractivity contribution in [2.45, 2.75) is 32.8 Å². The Morgan fingerprint density at radius 3 is 2.78 bits per heavy atom. The molecule has 1 atom stereocenters. The molecule has 0 aliphatic carbocycles. The van der Waals surface area contributed by atoms with Gasteiger partial charge in [-0.25, -0.2) is 4.79 Å². The normalized spacial score (nSPS) is 15.4. The van der Waals surface area contributed by atoms with Gasteiger partial charge in [-0.15, -0.1) is 0 Å². The Hall–Kier alpha value is -3.82. The van der Waals surface area contributed by atoms with Gasteiger partial charge in [-0.2, -0.15) is 4.98 Å². The van der Waals surface area contributed by atoms with Crippen LogP contribution in [0.3, 0.4) is 0 Å². The van der Waals surface area contributed by atoms with Gasteiger partial charge in [0.15, 0.2) is 6.10 Å². The molecule has 3 aromatic rings. The Balaban J connectivity index is 1.56. The first-order valence-electron chi connectivity index (χ1n) is 10.4. The summed E-state index contributed by atoms with van der Waals surface area (Å²) >= 11 is 0. The number of aromatic nitrogens is 3. The Morgan fingerprint density at radius 1 is 1.31 bits per heavy atom. The number of carbonyl (C=O) groups excluding carboxylic acids is 1. The first-order chi connectivity index (χ1) is 15.4. The molecule has 32 heavy (non-hydrogen) atoms. The fourth-order valence-electron chi connectivity index (χ4n) is 3.61. The number of nitrogens with zero attached hydrogens (tertiary/aromatic N) is 5. The maximum absolute atomic E-state index is 13.0. The third kappa shape index (κ3) is 4.58. The molecule has 1 aliphatic rings. The van der Waals surface area contributed by atoms with Crippen LogP contribution in [0, 0.1) is 16.0 Å². The Kier molecular flexibility index (Phi) is 6.11. The highest BCUT2D eigenvalue weighted by molar-refractivity contribution is 5.97. The average molecular weight is 437 g/mol. The van der Waals surface area contributed by atoms with E-state index >= 15 is 0 Å². The summed E-state index contributed by atoms with van der Waals surface area (Å²) in [6.45, 7) is 5.34. The van der Waals surface area contributed by atoms with Crippen LogP contribution in [-0.2, 0) is 4.74 Å². The number of anilines is 1. The number of nitro benzene ring substituents is 1. The van der Waals surface area contributed by atoms with E-state index < -0.39 is 17.0 Å². The van der Waals surface area contributed by atoms with Crippen molar-refractivity contribution in [1.82, 2.24) is 15.1 Å². The van der Waals surface area contributed by atoms with Gasteiger partial charge in [0.1, 0.15) is 0 Å². The summed E-state index contributed by atoms with van der Waals surface area (Å²) in [7, 11) is 0. The number of hydrogen-bond acceptors (Lipinski definition) is 9. The zero-order chi connectivity index (χ0) is 22.7. The lowest BCUT2D eigenvalue weighted by molar-refractivity contribution is -0.384. The number of non-ortho nitro benzene ring substituents is 1. The standard InChI is InChI=1S/C22H23N5O5/c1-14-7-10-26(11-8-14)19-6-5-17(27(29)30)12-18(19)22(28)31-15(2)21-24-20(25-32-21)16-4-3-9-23-13-16/h3-6,9,12-15H,7-8,10-11H2,1-2H3/t15-/m1/s1. The predicted octanol–water partition coefficient (Wildman–Crippen LogP) is 4.19. The lowest BCUT2D eigenvalue weighted by Gasteiger charge is -2.33. The van der Waals surface area contributed by atoms with E-state index in [0.717, 1.165) is 25.9 Å². The number of ether oxygens (including phenoxy) is 1. The molecule has 0 saturated carbocycles. The monoisotopic (exact) mass is 437 g/mol. The molecule has 1 saturated heterocycles. The number of piperidine rings is 1. The SMILES string of the molecule is CC1CCN(c2ccc([N+](=O)[O-])cc2C(=O)O[C@H](C)c2nc(-c3cccnc3)no2)CC1. The molecule has 10 nitrogen and oxygen atoms in total. The smallest absolute Gasteiger partial charge is 0.341 e. The maximum atomic E-state index is 13.0. The summed E-state index contributed by atoms with van der Waals surface area (Å²) < 4.78 is 10.8. The topological polar surface area (TPSA) is 124 Å². The average Bonchev–Trinajstić information content (AvgIpc) is 3.30. The molecule has 0 amide bonds. The molecule has 2 aromatic heterocycles. The molecule has 0 radical (unpaired) electrons. The molecule has 166 valence electrons. The minimum absolute atomic E-state index is 0.121. The second kappa shape index (κ2) is 9.13. The summed E-state index contributed by atoms with van der Waals surface area (Å²) in [5, 5.41) is 15.2. The van der Waals surface area contributed by atoms with Crippen LogP contribution in [-0.4, -0.2) is 39.1 Å². The van der Waals surface area contributed by atoms with Gasteiger partial charge in [0, 0.05) is 43.2 Å².